The third-order valence-corrected chi connectivity index (χ3v) is 3.70. The van der Waals surface area contributed by atoms with E-state index < -0.39 is 5.91 Å². The Morgan fingerprint density at radius 3 is 2.46 bits per heavy atom. The van der Waals surface area contributed by atoms with Crippen LogP contribution < -0.4 is 5.32 Å². The number of nitrogens with zero attached hydrogens (tertiary/aromatic N) is 2. The lowest BCUT2D eigenvalue weighted by molar-refractivity contribution is 0.0772. The van der Waals surface area contributed by atoms with Crippen LogP contribution in [0.4, 0.5) is 4.39 Å². The van der Waals surface area contributed by atoms with Gasteiger partial charge in [0.05, 0.1) is 11.1 Å². The summed E-state index contributed by atoms with van der Waals surface area (Å²) in [5, 5.41) is 2.64. The monoisotopic (exact) mass is 329 g/mol. The number of hydrogen-bond acceptors (Lipinski definition) is 3. The van der Waals surface area contributed by atoms with Crippen molar-refractivity contribution in [2.75, 3.05) is 13.1 Å². The zero-order valence-electron chi connectivity index (χ0n) is 13.8. The molecular formula is C18H20FN3O2. The average molecular weight is 329 g/mol. The first kappa shape index (κ1) is 17.6. The number of pyridine rings is 1. The Labute approximate surface area is 140 Å². The molecule has 0 atom stereocenters. The highest BCUT2D eigenvalue weighted by Gasteiger charge is 2.15. The van der Waals surface area contributed by atoms with Gasteiger partial charge in [-0.25, -0.2) is 4.39 Å². The molecule has 0 fully saturated rings. The van der Waals surface area contributed by atoms with Gasteiger partial charge in [-0.1, -0.05) is 18.2 Å². The van der Waals surface area contributed by atoms with Gasteiger partial charge in [-0.2, -0.15) is 0 Å². The number of carbonyl (C=O) groups is 2. The minimum absolute atomic E-state index is 0.0692. The number of hydrogen-bond donors (Lipinski definition) is 1. The van der Waals surface area contributed by atoms with Gasteiger partial charge in [0.15, 0.2) is 0 Å². The van der Waals surface area contributed by atoms with Crippen LogP contribution in [-0.4, -0.2) is 34.8 Å². The Hall–Kier alpha value is -2.76. The summed E-state index contributed by atoms with van der Waals surface area (Å²) >= 11 is 0. The minimum atomic E-state index is -0.403. The second kappa shape index (κ2) is 8.19. The maximum absolute atomic E-state index is 13.6. The third-order valence-electron chi connectivity index (χ3n) is 3.70. The number of benzene rings is 1. The number of nitrogens with one attached hydrogen (secondary N) is 1. The first-order valence-electron chi connectivity index (χ1n) is 7.82. The van der Waals surface area contributed by atoms with E-state index in [1.807, 2.05) is 13.8 Å². The SMILES string of the molecule is CCN(CC)C(=O)c1cncc(C(=O)NCc2ccccc2F)c1. The fourth-order valence-corrected chi connectivity index (χ4v) is 2.29. The number of carbonyl (C=O) groups excluding carboxylic acids is 2. The maximum atomic E-state index is 13.6. The highest BCUT2D eigenvalue weighted by Crippen LogP contribution is 2.09. The van der Waals surface area contributed by atoms with Crippen LogP contribution in [0.5, 0.6) is 0 Å². The molecule has 0 aliphatic heterocycles. The molecular weight excluding hydrogens is 309 g/mol. The van der Waals surface area contributed by atoms with Crippen molar-refractivity contribution < 1.29 is 14.0 Å². The van der Waals surface area contributed by atoms with Crippen LogP contribution in [0.2, 0.25) is 0 Å². The van der Waals surface area contributed by atoms with Crippen LogP contribution in [0.1, 0.15) is 40.1 Å². The Morgan fingerprint density at radius 2 is 1.79 bits per heavy atom. The number of rotatable bonds is 6. The second-order valence-electron chi connectivity index (χ2n) is 5.21. The van der Waals surface area contributed by atoms with Crippen molar-refractivity contribution in [3.63, 3.8) is 0 Å². The molecule has 126 valence electrons. The summed E-state index contributed by atoms with van der Waals surface area (Å²) in [6.07, 6.45) is 2.82. The lowest BCUT2D eigenvalue weighted by atomic mass is 10.1. The van der Waals surface area contributed by atoms with Gasteiger partial charge in [0.2, 0.25) is 0 Å². The van der Waals surface area contributed by atoms with Gasteiger partial charge >= 0.3 is 0 Å². The number of aromatic nitrogens is 1. The molecule has 5 nitrogen and oxygen atoms in total. The van der Waals surface area contributed by atoms with Gasteiger partial charge in [-0.05, 0) is 26.0 Å². The third kappa shape index (κ3) is 4.16. The van der Waals surface area contributed by atoms with Gasteiger partial charge in [-0.15, -0.1) is 0 Å². The van der Waals surface area contributed by atoms with E-state index in [0.717, 1.165) is 0 Å². The van der Waals surface area contributed by atoms with E-state index in [1.54, 1.807) is 23.1 Å². The largest absolute Gasteiger partial charge is 0.348 e. The lowest BCUT2D eigenvalue weighted by Crippen LogP contribution is -2.31. The van der Waals surface area contributed by atoms with Crippen LogP contribution in [0.3, 0.4) is 0 Å². The highest BCUT2D eigenvalue weighted by molar-refractivity contribution is 5.99. The fraction of sp³-hybridized carbons (Fsp3) is 0.278. The minimum Gasteiger partial charge on any atom is -0.348 e. The molecule has 2 amide bonds. The van der Waals surface area contributed by atoms with E-state index in [-0.39, 0.29) is 23.8 Å². The molecule has 6 heteroatoms. The number of amides is 2. The van der Waals surface area contributed by atoms with Crippen molar-refractivity contribution in [3.8, 4) is 0 Å². The molecule has 24 heavy (non-hydrogen) atoms. The summed E-state index contributed by atoms with van der Waals surface area (Å²) < 4.78 is 13.6. The van der Waals surface area contributed by atoms with Crippen LogP contribution in [0.15, 0.2) is 42.7 Å². The summed E-state index contributed by atoms with van der Waals surface area (Å²) in [7, 11) is 0. The summed E-state index contributed by atoms with van der Waals surface area (Å²) in [6.45, 7) is 5.01. The molecule has 0 bridgehead atoms. The Kier molecular flexibility index (Phi) is 6.01. The normalized spacial score (nSPS) is 10.3. The molecule has 1 N–H and O–H groups in total. The van der Waals surface area contributed by atoms with E-state index >= 15 is 0 Å². The molecule has 0 spiro atoms. The second-order valence-corrected chi connectivity index (χ2v) is 5.21. The summed E-state index contributed by atoms with van der Waals surface area (Å²) in [5.74, 6) is -0.947. The molecule has 0 aliphatic rings. The topological polar surface area (TPSA) is 62.3 Å². The van der Waals surface area contributed by atoms with Crippen molar-refractivity contribution in [1.82, 2.24) is 15.2 Å². The quantitative estimate of drug-likeness (QED) is 0.886. The van der Waals surface area contributed by atoms with Gasteiger partial charge in [0.1, 0.15) is 5.82 Å². The zero-order valence-corrected chi connectivity index (χ0v) is 13.8. The van der Waals surface area contributed by atoms with E-state index in [9.17, 15) is 14.0 Å². The Morgan fingerprint density at radius 1 is 1.12 bits per heavy atom. The predicted octanol–water partition coefficient (Wildman–Crippen LogP) is 2.63. The van der Waals surface area contributed by atoms with Gasteiger partial charge < -0.3 is 10.2 Å². The van der Waals surface area contributed by atoms with E-state index in [4.69, 9.17) is 0 Å². The molecule has 0 aliphatic carbocycles. The van der Waals surface area contributed by atoms with Gasteiger partial charge in [0.25, 0.3) is 11.8 Å². The standard InChI is InChI=1S/C18H20FN3O2/c1-3-22(4-2)18(24)15-9-14(10-20-11-15)17(23)21-12-13-7-5-6-8-16(13)19/h5-11H,3-4,12H2,1-2H3,(H,21,23). The van der Waals surface area contributed by atoms with E-state index in [0.29, 0.717) is 24.2 Å². The molecule has 1 aromatic carbocycles. The van der Waals surface area contributed by atoms with Crippen LogP contribution in [0, 0.1) is 5.82 Å². The van der Waals surface area contributed by atoms with Crippen molar-refractivity contribution in [2.45, 2.75) is 20.4 Å². The fourth-order valence-electron chi connectivity index (χ4n) is 2.29. The van der Waals surface area contributed by atoms with E-state index in [1.165, 1.54) is 24.5 Å². The van der Waals surface area contributed by atoms with Crippen LogP contribution in [0.25, 0.3) is 0 Å². The molecule has 0 saturated heterocycles. The number of halogens is 1. The smallest absolute Gasteiger partial charge is 0.255 e. The van der Waals surface area contributed by atoms with Crippen molar-refractivity contribution in [3.05, 3.63) is 65.2 Å². The molecule has 0 saturated carbocycles. The highest BCUT2D eigenvalue weighted by atomic mass is 19.1. The average Bonchev–Trinajstić information content (AvgIpc) is 2.62. The van der Waals surface area contributed by atoms with Crippen LogP contribution in [-0.2, 0) is 6.54 Å². The zero-order chi connectivity index (χ0) is 17.5. The summed E-state index contributed by atoms with van der Waals surface area (Å²) in [6, 6.07) is 7.74. The maximum Gasteiger partial charge on any atom is 0.255 e. The Bertz CT molecular complexity index is 730. The molecule has 2 aromatic rings. The summed E-state index contributed by atoms with van der Waals surface area (Å²) in [4.78, 5) is 30.1. The van der Waals surface area contributed by atoms with Crippen molar-refractivity contribution >= 4 is 11.8 Å². The molecule has 2 rings (SSSR count). The predicted molar refractivity (Wildman–Crippen MR) is 89.1 cm³/mol. The first-order chi connectivity index (χ1) is 11.6. The lowest BCUT2D eigenvalue weighted by Gasteiger charge is -2.18. The van der Waals surface area contributed by atoms with E-state index in [2.05, 4.69) is 10.3 Å². The summed E-state index contributed by atoms with van der Waals surface area (Å²) in [5.41, 5.74) is 1.02. The van der Waals surface area contributed by atoms with Crippen LogP contribution >= 0.6 is 0 Å². The molecule has 1 heterocycles. The molecule has 0 radical (unpaired) electrons. The van der Waals surface area contributed by atoms with Gasteiger partial charge in [0, 0.05) is 37.6 Å². The molecule has 0 unspecified atom stereocenters. The van der Waals surface area contributed by atoms with Crippen molar-refractivity contribution in [2.24, 2.45) is 0 Å². The van der Waals surface area contributed by atoms with Gasteiger partial charge in [-0.3, -0.25) is 14.6 Å². The molecule has 1 aromatic heterocycles. The van der Waals surface area contributed by atoms with Crippen molar-refractivity contribution in [1.29, 1.82) is 0 Å². The first-order valence-corrected chi connectivity index (χ1v) is 7.82. The Balaban J connectivity index is 2.09.